The fraction of sp³-hybridized carbons (Fsp3) is 0.900. The highest BCUT2D eigenvalue weighted by atomic mass is 16.2. The van der Waals surface area contributed by atoms with Crippen LogP contribution >= 0.6 is 0 Å². The van der Waals surface area contributed by atoms with Crippen molar-refractivity contribution in [2.75, 3.05) is 39.3 Å². The zero-order chi connectivity index (χ0) is 10.4. The summed E-state index contributed by atoms with van der Waals surface area (Å²) in [6.45, 7) is 6.25. The van der Waals surface area contributed by atoms with Gasteiger partial charge in [0.15, 0.2) is 0 Å². The zero-order valence-electron chi connectivity index (χ0n) is 8.87. The second kappa shape index (κ2) is 5.98. The molecule has 1 saturated heterocycles. The maximum atomic E-state index is 11.0. The largest absolute Gasteiger partial charge is 0.340 e. The van der Waals surface area contributed by atoms with Crippen LogP contribution in [0.25, 0.3) is 0 Å². The van der Waals surface area contributed by atoms with E-state index in [0.29, 0.717) is 0 Å². The molecule has 14 heavy (non-hydrogen) atoms. The van der Waals surface area contributed by atoms with Crippen molar-refractivity contribution in [1.29, 1.82) is 0 Å². The summed E-state index contributed by atoms with van der Waals surface area (Å²) in [7, 11) is 0. The molecule has 0 bridgehead atoms. The third-order valence-electron chi connectivity index (χ3n) is 2.69. The van der Waals surface area contributed by atoms with Crippen molar-refractivity contribution in [3.63, 3.8) is 0 Å². The van der Waals surface area contributed by atoms with Crippen LogP contribution in [-0.2, 0) is 9.90 Å². The van der Waals surface area contributed by atoms with E-state index in [4.69, 9.17) is 0 Å². The second-order valence-corrected chi connectivity index (χ2v) is 3.76. The highest BCUT2D eigenvalue weighted by Gasteiger charge is 2.17. The third-order valence-corrected chi connectivity index (χ3v) is 2.69. The molecule has 4 heteroatoms. The molecular formula is C10H19N2O2. The van der Waals surface area contributed by atoms with Crippen molar-refractivity contribution in [2.45, 2.75) is 19.8 Å². The molecule has 0 atom stereocenters. The van der Waals surface area contributed by atoms with Gasteiger partial charge in [-0.15, -0.1) is 0 Å². The molecule has 0 aromatic carbocycles. The summed E-state index contributed by atoms with van der Waals surface area (Å²) in [6, 6.07) is 0. The summed E-state index contributed by atoms with van der Waals surface area (Å²) >= 11 is 0. The molecule has 0 saturated carbocycles. The summed E-state index contributed by atoms with van der Waals surface area (Å²) in [6.07, 6.45) is 1.76. The highest BCUT2D eigenvalue weighted by Crippen LogP contribution is 2.03. The molecule has 1 amide bonds. The SMILES string of the molecule is CC(=O)N1CCN(CCCC[O])CC1. The van der Waals surface area contributed by atoms with Crippen LogP contribution in [0.3, 0.4) is 0 Å². The van der Waals surface area contributed by atoms with Crippen molar-refractivity contribution in [2.24, 2.45) is 0 Å². The topological polar surface area (TPSA) is 43.5 Å². The zero-order valence-corrected chi connectivity index (χ0v) is 8.87. The van der Waals surface area contributed by atoms with E-state index in [2.05, 4.69) is 4.90 Å². The molecular weight excluding hydrogens is 180 g/mol. The van der Waals surface area contributed by atoms with Gasteiger partial charge in [0.1, 0.15) is 0 Å². The van der Waals surface area contributed by atoms with Crippen LogP contribution in [0, 0.1) is 0 Å². The first-order valence-electron chi connectivity index (χ1n) is 5.30. The number of nitrogens with zero attached hydrogens (tertiary/aromatic N) is 2. The summed E-state index contributed by atoms with van der Waals surface area (Å²) in [4.78, 5) is 15.2. The van der Waals surface area contributed by atoms with Gasteiger partial charge in [-0.05, 0) is 19.4 Å². The quantitative estimate of drug-likeness (QED) is 0.614. The van der Waals surface area contributed by atoms with Crippen LogP contribution in [0.1, 0.15) is 19.8 Å². The van der Waals surface area contributed by atoms with E-state index in [0.717, 1.165) is 45.6 Å². The lowest BCUT2D eigenvalue weighted by molar-refractivity contribution is -0.130. The number of hydrogen-bond donors (Lipinski definition) is 0. The second-order valence-electron chi connectivity index (χ2n) is 3.76. The maximum Gasteiger partial charge on any atom is 0.219 e. The Morgan fingerprint density at radius 1 is 1.14 bits per heavy atom. The molecule has 0 unspecified atom stereocenters. The summed E-state index contributed by atoms with van der Waals surface area (Å²) < 4.78 is 0. The molecule has 0 aromatic rings. The number of hydrogen-bond acceptors (Lipinski definition) is 2. The lowest BCUT2D eigenvalue weighted by Gasteiger charge is -2.34. The molecule has 1 fully saturated rings. The predicted molar refractivity (Wildman–Crippen MR) is 53.5 cm³/mol. The van der Waals surface area contributed by atoms with Gasteiger partial charge >= 0.3 is 0 Å². The van der Waals surface area contributed by atoms with Crippen molar-refractivity contribution in [3.8, 4) is 0 Å². The van der Waals surface area contributed by atoms with E-state index in [-0.39, 0.29) is 12.5 Å². The monoisotopic (exact) mass is 199 g/mol. The Morgan fingerprint density at radius 3 is 2.29 bits per heavy atom. The predicted octanol–water partition coefficient (Wildman–Crippen LogP) is 0.361. The lowest BCUT2D eigenvalue weighted by Crippen LogP contribution is -2.48. The van der Waals surface area contributed by atoms with Crippen LogP contribution in [0.4, 0.5) is 0 Å². The van der Waals surface area contributed by atoms with E-state index < -0.39 is 0 Å². The van der Waals surface area contributed by atoms with Gasteiger partial charge in [-0.25, -0.2) is 5.11 Å². The molecule has 81 valence electrons. The van der Waals surface area contributed by atoms with Gasteiger partial charge in [-0.3, -0.25) is 9.69 Å². The summed E-state index contributed by atoms with van der Waals surface area (Å²) in [5.74, 6) is 0.171. The van der Waals surface area contributed by atoms with Crippen LogP contribution in [0.15, 0.2) is 0 Å². The van der Waals surface area contributed by atoms with Crippen LogP contribution in [0.5, 0.6) is 0 Å². The van der Waals surface area contributed by atoms with Crippen LogP contribution in [0.2, 0.25) is 0 Å². The Labute approximate surface area is 85.5 Å². The first kappa shape index (κ1) is 11.5. The Hall–Kier alpha value is -0.610. The minimum Gasteiger partial charge on any atom is -0.340 e. The smallest absolute Gasteiger partial charge is 0.219 e. The highest BCUT2D eigenvalue weighted by molar-refractivity contribution is 5.73. The van der Waals surface area contributed by atoms with Gasteiger partial charge in [-0.1, -0.05) is 0 Å². The van der Waals surface area contributed by atoms with Crippen molar-refractivity contribution < 1.29 is 9.90 Å². The molecule has 4 nitrogen and oxygen atoms in total. The Morgan fingerprint density at radius 2 is 1.79 bits per heavy atom. The summed E-state index contributed by atoms with van der Waals surface area (Å²) in [5, 5.41) is 10.2. The first-order chi connectivity index (χ1) is 6.74. The van der Waals surface area contributed by atoms with Crippen LogP contribution < -0.4 is 0 Å². The molecule has 1 radical (unpaired) electrons. The number of rotatable bonds is 4. The number of carbonyl (C=O) groups is 1. The van der Waals surface area contributed by atoms with Gasteiger partial charge in [0.25, 0.3) is 0 Å². The van der Waals surface area contributed by atoms with Gasteiger partial charge in [0.05, 0.1) is 6.61 Å². The molecule has 0 spiro atoms. The van der Waals surface area contributed by atoms with Crippen molar-refractivity contribution in [1.82, 2.24) is 9.80 Å². The molecule has 0 aliphatic carbocycles. The molecule has 0 aromatic heterocycles. The fourth-order valence-electron chi connectivity index (χ4n) is 1.72. The van der Waals surface area contributed by atoms with Gasteiger partial charge in [0.2, 0.25) is 5.91 Å². The van der Waals surface area contributed by atoms with E-state index >= 15 is 0 Å². The average Bonchev–Trinajstić information content (AvgIpc) is 2.19. The Balaban J connectivity index is 2.12. The normalized spacial score (nSPS) is 18.6. The number of carbonyl (C=O) groups excluding carboxylic acids is 1. The Bertz CT molecular complexity index is 177. The molecule has 0 N–H and O–H groups in total. The van der Waals surface area contributed by atoms with Crippen LogP contribution in [-0.4, -0.2) is 55.0 Å². The van der Waals surface area contributed by atoms with E-state index in [1.807, 2.05) is 4.90 Å². The lowest BCUT2D eigenvalue weighted by atomic mass is 10.2. The standard InChI is InChI=1S/C10H19N2O2/c1-10(14)12-7-5-11(6-8-12)4-2-3-9-13/h2-9H2,1H3. The fourth-order valence-corrected chi connectivity index (χ4v) is 1.72. The van der Waals surface area contributed by atoms with Gasteiger partial charge < -0.3 is 4.90 Å². The first-order valence-corrected chi connectivity index (χ1v) is 5.30. The van der Waals surface area contributed by atoms with Crippen molar-refractivity contribution >= 4 is 5.91 Å². The van der Waals surface area contributed by atoms with E-state index in [9.17, 15) is 9.90 Å². The Kier molecular flexibility index (Phi) is 4.90. The number of amides is 1. The maximum absolute atomic E-state index is 11.0. The van der Waals surface area contributed by atoms with Gasteiger partial charge in [-0.2, -0.15) is 0 Å². The average molecular weight is 199 g/mol. The molecule has 1 aliphatic heterocycles. The summed E-state index contributed by atoms with van der Waals surface area (Å²) in [5.41, 5.74) is 0. The van der Waals surface area contributed by atoms with E-state index in [1.54, 1.807) is 6.92 Å². The minimum atomic E-state index is 0.0351. The number of unbranched alkanes of at least 4 members (excludes halogenated alkanes) is 1. The minimum absolute atomic E-state index is 0.0351. The third kappa shape index (κ3) is 3.64. The van der Waals surface area contributed by atoms with E-state index in [1.165, 1.54) is 0 Å². The number of piperazine rings is 1. The van der Waals surface area contributed by atoms with Crippen molar-refractivity contribution in [3.05, 3.63) is 0 Å². The van der Waals surface area contributed by atoms with Gasteiger partial charge in [0, 0.05) is 33.1 Å². The molecule has 1 rings (SSSR count). The molecule has 1 heterocycles. The molecule has 1 aliphatic rings.